The van der Waals surface area contributed by atoms with Crippen LogP contribution in [0.4, 0.5) is 5.69 Å². The highest BCUT2D eigenvalue weighted by molar-refractivity contribution is 6.02. The molecule has 1 amide bonds. The van der Waals surface area contributed by atoms with Gasteiger partial charge in [0.2, 0.25) is 11.7 Å². The molecule has 0 saturated carbocycles. The number of nitriles is 1. The van der Waals surface area contributed by atoms with E-state index in [2.05, 4.69) is 5.32 Å². The Morgan fingerprint density at radius 3 is 2.25 bits per heavy atom. The number of rotatable bonds is 5. The zero-order valence-electron chi connectivity index (χ0n) is 16.3. The Hall–Kier alpha value is -3.46. The minimum Gasteiger partial charge on any atom is -0.451 e. The molecule has 2 aromatic rings. The first-order chi connectivity index (χ1) is 13.1. The molecule has 28 heavy (non-hydrogen) atoms. The van der Waals surface area contributed by atoms with Gasteiger partial charge in [-0.25, -0.2) is 4.79 Å². The van der Waals surface area contributed by atoms with Crippen molar-refractivity contribution in [3.05, 3.63) is 65.2 Å². The van der Waals surface area contributed by atoms with Gasteiger partial charge in [-0.3, -0.25) is 9.59 Å². The van der Waals surface area contributed by atoms with Crippen molar-refractivity contribution in [2.45, 2.75) is 33.8 Å². The van der Waals surface area contributed by atoms with Gasteiger partial charge in [-0.1, -0.05) is 26.8 Å². The summed E-state index contributed by atoms with van der Waals surface area (Å²) in [4.78, 5) is 36.7. The van der Waals surface area contributed by atoms with E-state index in [0.29, 0.717) is 16.8 Å². The Morgan fingerprint density at radius 1 is 1.04 bits per heavy atom. The minimum absolute atomic E-state index is 0.131. The van der Waals surface area contributed by atoms with Crippen LogP contribution in [0.25, 0.3) is 0 Å². The Morgan fingerprint density at radius 2 is 1.68 bits per heavy atom. The summed E-state index contributed by atoms with van der Waals surface area (Å²) in [5.41, 5.74) is 0.953. The second-order valence-corrected chi connectivity index (χ2v) is 7.39. The lowest BCUT2D eigenvalue weighted by molar-refractivity contribution is -0.123. The van der Waals surface area contributed by atoms with E-state index in [1.54, 1.807) is 36.4 Å². The monoisotopic (exact) mass is 378 g/mol. The van der Waals surface area contributed by atoms with Gasteiger partial charge in [0.15, 0.2) is 6.10 Å². The van der Waals surface area contributed by atoms with Crippen molar-refractivity contribution in [3.8, 4) is 6.07 Å². The molecule has 0 heterocycles. The number of ketones is 1. The van der Waals surface area contributed by atoms with Gasteiger partial charge in [-0.15, -0.1) is 0 Å². The molecule has 0 unspecified atom stereocenters. The van der Waals surface area contributed by atoms with Crippen LogP contribution < -0.4 is 5.32 Å². The summed E-state index contributed by atoms with van der Waals surface area (Å²) >= 11 is 0. The number of hydrogen-bond acceptors (Lipinski definition) is 5. The van der Waals surface area contributed by atoms with Crippen LogP contribution in [-0.2, 0) is 9.53 Å². The topological polar surface area (TPSA) is 96.3 Å². The summed E-state index contributed by atoms with van der Waals surface area (Å²) in [6.07, 6.45) is -0.992. The van der Waals surface area contributed by atoms with Crippen LogP contribution in [0.1, 0.15) is 54.0 Å². The summed E-state index contributed by atoms with van der Waals surface area (Å²) in [5.74, 6) is -1.17. The van der Waals surface area contributed by atoms with Gasteiger partial charge < -0.3 is 10.1 Å². The molecule has 1 atom stereocenters. The van der Waals surface area contributed by atoms with E-state index in [1.807, 2.05) is 26.8 Å². The third-order valence-electron chi connectivity index (χ3n) is 3.99. The van der Waals surface area contributed by atoms with Crippen LogP contribution in [0.2, 0.25) is 0 Å². The van der Waals surface area contributed by atoms with E-state index in [9.17, 15) is 14.4 Å². The number of amides is 1. The average molecular weight is 378 g/mol. The third kappa shape index (κ3) is 5.27. The van der Waals surface area contributed by atoms with Gasteiger partial charge in [-0.2, -0.15) is 5.26 Å². The summed E-state index contributed by atoms with van der Waals surface area (Å²) in [5, 5.41) is 11.7. The molecule has 0 bridgehead atoms. The van der Waals surface area contributed by atoms with Gasteiger partial charge in [0.25, 0.3) is 0 Å². The first kappa shape index (κ1) is 20.8. The number of esters is 1. The molecule has 2 rings (SSSR count). The maximum atomic E-state index is 12.5. The molecule has 1 N–H and O–H groups in total. The van der Waals surface area contributed by atoms with Gasteiger partial charge in [0.05, 0.1) is 17.2 Å². The van der Waals surface area contributed by atoms with Crippen molar-refractivity contribution >= 4 is 23.3 Å². The molecule has 2 aromatic carbocycles. The van der Waals surface area contributed by atoms with E-state index >= 15 is 0 Å². The fourth-order valence-electron chi connectivity index (χ4n) is 2.27. The molecule has 0 aliphatic heterocycles. The Labute approximate surface area is 164 Å². The van der Waals surface area contributed by atoms with Crippen molar-refractivity contribution in [2.75, 3.05) is 5.32 Å². The van der Waals surface area contributed by atoms with E-state index < -0.39 is 17.5 Å². The molecule has 0 spiro atoms. The normalized spacial score (nSPS) is 11.8. The van der Waals surface area contributed by atoms with E-state index in [4.69, 9.17) is 10.00 Å². The van der Waals surface area contributed by atoms with Crippen LogP contribution in [-0.4, -0.2) is 23.8 Å². The lowest BCUT2D eigenvalue weighted by atomic mass is 9.95. The van der Waals surface area contributed by atoms with Crippen molar-refractivity contribution in [1.29, 1.82) is 5.26 Å². The number of hydrogen-bond donors (Lipinski definition) is 1. The molecule has 0 aliphatic rings. The molecule has 0 aromatic heterocycles. The fourth-order valence-corrected chi connectivity index (χ4v) is 2.27. The van der Waals surface area contributed by atoms with E-state index in [1.165, 1.54) is 19.1 Å². The number of carbonyl (C=O) groups is 3. The molecule has 6 nitrogen and oxygen atoms in total. The SMILES string of the molecule is C[C@@H](OC(=O)c1cccc(C#N)c1)C(=O)c1ccc(NC(=O)C(C)(C)C)cc1. The highest BCUT2D eigenvalue weighted by Crippen LogP contribution is 2.18. The van der Waals surface area contributed by atoms with Gasteiger partial charge in [0, 0.05) is 16.7 Å². The quantitative estimate of drug-likeness (QED) is 0.627. The maximum Gasteiger partial charge on any atom is 0.338 e. The predicted molar refractivity (Wildman–Crippen MR) is 105 cm³/mol. The zero-order chi connectivity index (χ0) is 20.9. The molecule has 0 radical (unpaired) electrons. The van der Waals surface area contributed by atoms with Crippen LogP contribution >= 0.6 is 0 Å². The Kier molecular flexibility index (Phi) is 6.32. The van der Waals surface area contributed by atoms with Crippen LogP contribution in [0, 0.1) is 16.7 Å². The maximum absolute atomic E-state index is 12.5. The summed E-state index contributed by atoms with van der Waals surface area (Å²) in [7, 11) is 0. The zero-order valence-corrected chi connectivity index (χ0v) is 16.3. The number of nitrogens with zero attached hydrogens (tertiary/aromatic N) is 1. The highest BCUT2D eigenvalue weighted by Gasteiger charge is 2.22. The van der Waals surface area contributed by atoms with Gasteiger partial charge in [0.1, 0.15) is 0 Å². The Balaban J connectivity index is 2.03. The average Bonchev–Trinajstić information content (AvgIpc) is 2.67. The number of ether oxygens (including phenoxy) is 1. The molecular weight excluding hydrogens is 356 g/mol. The van der Waals surface area contributed by atoms with Crippen molar-refractivity contribution in [2.24, 2.45) is 5.41 Å². The standard InChI is InChI=1S/C22H22N2O4/c1-14(28-20(26)17-7-5-6-15(12-17)13-23)19(25)16-8-10-18(11-9-16)24-21(27)22(2,3)4/h5-12,14H,1-4H3,(H,24,27)/t14-/m1/s1. The van der Waals surface area contributed by atoms with Crippen LogP contribution in [0.15, 0.2) is 48.5 Å². The first-order valence-electron chi connectivity index (χ1n) is 8.78. The van der Waals surface area contributed by atoms with Crippen LogP contribution in [0.5, 0.6) is 0 Å². The van der Waals surface area contributed by atoms with E-state index in [-0.39, 0.29) is 17.3 Å². The second kappa shape index (κ2) is 8.49. The number of anilines is 1. The number of benzene rings is 2. The summed E-state index contributed by atoms with van der Waals surface area (Å²) < 4.78 is 5.22. The Bertz CT molecular complexity index is 934. The minimum atomic E-state index is -0.992. The van der Waals surface area contributed by atoms with Crippen molar-refractivity contribution in [3.63, 3.8) is 0 Å². The number of carbonyl (C=O) groups excluding carboxylic acids is 3. The van der Waals surface area contributed by atoms with E-state index in [0.717, 1.165) is 0 Å². The smallest absolute Gasteiger partial charge is 0.338 e. The highest BCUT2D eigenvalue weighted by atomic mass is 16.5. The summed E-state index contributed by atoms with van der Waals surface area (Å²) in [6.45, 7) is 6.91. The first-order valence-corrected chi connectivity index (χ1v) is 8.78. The third-order valence-corrected chi connectivity index (χ3v) is 3.99. The van der Waals surface area contributed by atoms with Crippen molar-refractivity contribution < 1.29 is 19.1 Å². The lowest BCUT2D eigenvalue weighted by Gasteiger charge is -2.18. The lowest BCUT2D eigenvalue weighted by Crippen LogP contribution is -2.27. The molecular formula is C22H22N2O4. The van der Waals surface area contributed by atoms with Crippen LogP contribution in [0.3, 0.4) is 0 Å². The molecule has 144 valence electrons. The van der Waals surface area contributed by atoms with Crippen molar-refractivity contribution in [1.82, 2.24) is 0 Å². The molecule has 0 saturated heterocycles. The van der Waals surface area contributed by atoms with Gasteiger partial charge >= 0.3 is 5.97 Å². The summed E-state index contributed by atoms with van der Waals surface area (Å²) in [6, 6.07) is 14.4. The molecule has 6 heteroatoms. The molecule has 0 aliphatic carbocycles. The number of Topliss-reactive ketones (excluding diaryl/α,β-unsaturated/α-hetero) is 1. The largest absolute Gasteiger partial charge is 0.451 e. The number of nitrogens with one attached hydrogen (secondary N) is 1. The van der Waals surface area contributed by atoms with Gasteiger partial charge in [-0.05, 0) is 49.4 Å². The molecule has 0 fully saturated rings. The second-order valence-electron chi connectivity index (χ2n) is 7.39. The fraction of sp³-hybridized carbons (Fsp3) is 0.273. The predicted octanol–water partition coefficient (Wildman–Crippen LogP) is 3.97.